The van der Waals surface area contributed by atoms with Gasteiger partial charge in [0.15, 0.2) is 0 Å². The normalized spacial score (nSPS) is 24.2. The van der Waals surface area contributed by atoms with Gasteiger partial charge in [-0.2, -0.15) is 5.26 Å². The first-order valence-electron chi connectivity index (χ1n) is 3.13. The summed E-state index contributed by atoms with van der Waals surface area (Å²) in [5.41, 5.74) is 0. The highest BCUT2D eigenvalue weighted by Gasteiger charge is 2.29. The van der Waals surface area contributed by atoms with Crippen LogP contribution >= 0.6 is 0 Å². The Hall–Kier alpha value is -1.24. The average Bonchev–Trinajstić information content (AvgIpc) is 2.30. The molecule has 4 nitrogen and oxygen atoms in total. The minimum atomic E-state index is -0.563. The number of likely N-dealkylation sites (N-methyl/N-ethyl adjacent to an activating group) is 1. The molecule has 0 radical (unpaired) electrons. The summed E-state index contributed by atoms with van der Waals surface area (Å²) in [6.45, 7) is 2.86. The zero-order valence-electron chi connectivity index (χ0n) is 5.70. The van der Waals surface area contributed by atoms with Crippen molar-refractivity contribution in [1.29, 1.82) is 5.26 Å². The van der Waals surface area contributed by atoms with Crippen LogP contribution in [0.4, 0.5) is 4.79 Å². The van der Waals surface area contributed by atoms with Gasteiger partial charge in [0.2, 0.25) is 6.10 Å². The predicted molar refractivity (Wildman–Crippen MR) is 33.1 cm³/mol. The van der Waals surface area contributed by atoms with Crippen LogP contribution in [0.25, 0.3) is 0 Å². The second kappa shape index (κ2) is 2.56. The predicted octanol–water partition coefficient (Wildman–Crippen LogP) is 0.351. The summed E-state index contributed by atoms with van der Waals surface area (Å²) < 4.78 is 4.64. The fourth-order valence-corrected chi connectivity index (χ4v) is 0.834. The fraction of sp³-hybridized carbons (Fsp3) is 0.667. The van der Waals surface area contributed by atoms with Crippen LogP contribution in [0, 0.1) is 11.3 Å². The zero-order chi connectivity index (χ0) is 7.56. The van der Waals surface area contributed by atoms with Crippen molar-refractivity contribution in [1.82, 2.24) is 4.90 Å². The number of amides is 1. The summed E-state index contributed by atoms with van der Waals surface area (Å²) in [5.74, 6) is 0. The third-order valence-electron chi connectivity index (χ3n) is 1.41. The Morgan fingerprint density at radius 2 is 2.70 bits per heavy atom. The molecule has 0 bridgehead atoms. The maximum Gasteiger partial charge on any atom is 0.411 e. The van der Waals surface area contributed by atoms with Gasteiger partial charge in [0.1, 0.15) is 6.07 Å². The third kappa shape index (κ3) is 1.03. The van der Waals surface area contributed by atoms with E-state index in [0.29, 0.717) is 13.1 Å². The molecule has 4 heteroatoms. The van der Waals surface area contributed by atoms with Gasteiger partial charge in [0, 0.05) is 6.54 Å². The Kier molecular flexibility index (Phi) is 1.76. The number of nitriles is 1. The number of carbonyl (C=O) groups excluding carboxylic acids is 1. The second-order valence-corrected chi connectivity index (χ2v) is 2.04. The molecule has 0 aromatic heterocycles. The van der Waals surface area contributed by atoms with E-state index in [0.717, 1.165) is 0 Å². The fourth-order valence-electron chi connectivity index (χ4n) is 0.834. The van der Waals surface area contributed by atoms with Crippen molar-refractivity contribution in [2.24, 2.45) is 0 Å². The van der Waals surface area contributed by atoms with Crippen LogP contribution in [0.5, 0.6) is 0 Å². The first-order valence-corrected chi connectivity index (χ1v) is 3.13. The van der Waals surface area contributed by atoms with Crippen molar-refractivity contribution >= 4 is 6.09 Å². The van der Waals surface area contributed by atoms with Crippen molar-refractivity contribution in [2.45, 2.75) is 13.0 Å². The van der Waals surface area contributed by atoms with Crippen molar-refractivity contribution < 1.29 is 9.53 Å². The van der Waals surface area contributed by atoms with Crippen LogP contribution in [0.2, 0.25) is 0 Å². The van der Waals surface area contributed by atoms with E-state index in [1.165, 1.54) is 4.90 Å². The summed E-state index contributed by atoms with van der Waals surface area (Å²) in [6, 6.07) is 1.87. The number of ether oxygens (including phenoxy) is 1. The maximum absolute atomic E-state index is 10.7. The lowest BCUT2D eigenvalue weighted by molar-refractivity contribution is 0.148. The van der Waals surface area contributed by atoms with Crippen molar-refractivity contribution in [2.75, 3.05) is 13.1 Å². The first kappa shape index (κ1) is 6.87. The highest BCUT2D eigenvalue weighted by atomic mass is 16.6. The van der Waals surface area contributed by atoms with Crippen molar-refractivity contribution in [3.63, 3.8) is 0 Å². The minimum Gasteiger partial charge on any atom is -0.429 e. The smallest absolute Gasteiger partial charge is 0.411 e. The molecular weight excluding hydrogens is 132 g/mol. The number of carbonyl (C=O) groups is 1. The van der Waals surface area contributed by atoms with Gasteiger partial charge in [-0.25, -0.2) is 4.79 Å². The summed E-state index contributed by atoms with van der Waals surface area (Å²) in [4.78, 5) is 12.2. The minimum absolute atomic E-state index is 0.381. The Morgan fingerprint density at radius 3 is 3.00 bits per heavy atom. The standard InChI is InChI=1S/C6H8N2O2/c1-2-8-4-5(3-7)10-6(8)9/h5H,2,4H2,1H3. The molecule has 0 aromatic rings. The van der Waals surface area contributed by atoms with Gasteiger partial charge in [-0.05, 0) is 6.92 Å². The molecule has 0 aromatic carbocycles. The monoisotopic (exact) mass is 140 g/mol. The number of nitrogens with zero attached hydrogens (tertiary/aromatic N) is 2. The Balaban J connectivity index is 2.54. The van der Waals surface area contributed by atoms with Gasteiger partial charge in [0.05, 0.1) is 6.54 Å². The molecule has 1 aliphatic heterocycles. The molecule has 0 saturated carbocycles. The first-order chi connectivity index (χ1) is 4.77. The number of rotatable bonds is 1. The maximum atomic E-state index is 10.7. The highest BCUT2D eigenvalue weighted by molar-refractivity contribution is 5.70. The molecule has 1 amide bonds. The van der Waals surface area contributed by atoms with Crippen LogP contribution in [0.15, 0.2) is 0 Å². The molecule has 1 saturated heterocycles. The van der Waals surface area contributed by atoms with E-state index in [2.05, 4.69) is 4.74 Å². The lowest BCUT2D eigenvalue weighted by Gasteiger charge is -2.05. The van der Waals surface area contributed by atoms with E-state index in [9.17, 15) is 4.79 Å². The summed E-state index contributed by atoms with van der Waals surface area (Å²) in [6.07, 6.45) is -0.943. The lowest BCUT2D eigenvalue weighted by Crippen LogP contribution is -2.24. The highest BCUT2D eigenvalue weighted by Crippen LogP contribution is 2.08. The van der Waals surface area contributed by atoms with E-state index in [4.69, 9.17) is 5.26 Å². The van der Waals surface area contributed by atoms with Gasteiger partial charge in [-0.15, -0.1) is 0 Å². The van der Waals surface area contributed by atoms with E-state index >= 15 is 0 Å². The van der Waals surface area contributed by atoms with E-state index < -0.39 is 6.10 Å². The molecule has 1 rings (SSSR count). The molecule has 1 unspecified atom stereocenters. The molecule has 1 atom stereocenters. The van der Waals surface area contributed by atoms with Crippen LogP contribution in [-0.2, 0) is 4.74 Å². The summed E-state index contributed by atoms with van der Waals surface area (Å²) >= 11 is 0. The molecule has 1 heterocycles. The number of hydrogen-bond donors (Lipinski definition) is 0. The lowest BCUT2D eigenvalue weighted by atomic mass is 10.4. The molecule has 10 heavy (non-hydrogen) atoms. The van der Waals surface area contributed by atoms with Crippen LogP contribution in [0.3, 0.4) is 0 Å². The topological polar surface area (TPSA) is 53.3 Å². The van der Waals surface area contributed by atoms with Gasteiger partial charge in [-0.3, -0.25) is 0 Å². The van der Waals surface area contributed by atoms with Gasteiger partial charge < -0.3 is 9.64 Å². The molecule has 0 aliphatic carbocycles. The molecule has 1 aliphatic rings. The average molecular weight is 140 g/mol. The molecule has 54 valence electrons. The summed E-state index contributed by atoms with van der Waals surface area (Å²) in [5, 5.41) is 8.34. The Morgan fingerprint density at radius 1 is 2.00 bits per heavy atom. The molecular formula is C6H8N2O2. The SMILES string of the molecule is CCN1CC(C#N)OC1=O. The second-order valence-electron chi connectivity index (χ2n) is 2.04. The van der Waals surface area contributed by atoms with E-state index in [1.807, 2.05) is 13.0 Å². The molecule has 0 N–H and O–H groups in total. The summed E-state index contributed by atoms with van der Waals surface area (Å²) in [7, 11) is 0. The van der Waals surface area contributed by atoms with Gasteiger partial charge in [-0.1, -0.05) is 0 Å². The van der Waals surface area contributed by atoms with Gasteiger partial charge in [0.25, 0.3) is 0 Å². The van der Waals surface area contributed by atoms with Crippen LogP contribution in [-0.4, -0.2) is 30.2 Å². The van der Waals surface area contributed by atoms with Crippen molar-refractivity contribution in [3.05, 3.63) is 0 Å². The number of hydrogen-bond acceptors (Lipinski definition) is 3. The third-order valence-corrected chi connectivity index (χ3v) is 1.41. The van der Waals surface area contributed by atoms with Crippen molar-refractivity contribution in [3.8, 4) is 6.07 Å². The Labute approximate surface area is 59.0 Å². The van der Waals surface area contributed by atoms with E-state index in [-0.39, 0.29) is 6.09 Å². The van der Waals surface area contributed by atoms with Crippen LogP contribution in [0.1, 0.15) is 6.92 Å². The zero-order valence-corrected chi connectivity index (χ0v) is 5.70. The van der Waals surface area contributed by atoms with Crippen LogP contribution < -0.4 is 0 Å². The largest absolute Gasteiger partial charge is 0.429 e. The Bertz CT molecular complexity index is 185. The van der Waals surface area contributed by atoms with Gasteiger partial charge >= 0.3 is 6.09 Å². The van der Waals surface area contributed by atoms with E-state index in [1.54, 1.807) is 0 Å². The molecule has 0 spiro atoms. The quantitative estimate of drug-likeness (QED) is 0.528. The number of cyclic esters (lactones) is 1. The molecule has 1 fully saturated rings.